The number of carbonyl (C=O) groups is 4. The fourth-order valence-electron chi connectivity index (χ4n) is 3.50. The quantitative estimate of drug-likeness (QED) is 0.604. The number of rotatable bonds is 5. The van der Waals surface area contributed by atoms with Crippen molar-refractivity contribution in [2.45, 2.75) is 46.6 Å². The van der Waals surface area contributed by atoms with Gasteiger partial charge in [0.2, 0.25) is 11.8 Å². The van der Waals surface area contributed by atoms with Crippen LogP contribution in [0.3, 0.4) is 0 Å². The third kappa shape index (κ3) is 4.40. The number of hydrogen-bond acceptors (Lipinski definition) is 5. The Morgan fingerprint density at radius 1 is 0.967 bits per heavy atom. The van der Waals surface area contributed by atoms with Gasteiger partial charge in [0.1, 0.15) is 0 Å². The Bertz CT molecular complexity index is 987. The third-order valence-corrected chi connectivity index (χ3v) is 4.99. The van der Waals surface area contributed by atoms with Gasteiger partial charge in [-0.15, -0.1) is 0 Å². The fourth-order valence-corrected chi connectivity index (χ4v) is 3.50. The highest BCUT2D eigenvalue weighted by Crippen LogP contribution is 2.24. The van der Waals surface area contributed by atoms with Gasteiger partial charge in [0.25, 0.3) is 5.91 Å². The summed E-state index contributed by atoms with van der Waals surface area (Å²) in [5.41, 5.74) is 4.30. The van der Waals surface area contributed by atoms with Gasteiger partial charge in [-0.2, -0.15) is 0 Å². The standard InChI is InChI=1S/C23H24N2O5/c1-13-11-14(2)21(15(3)12-13)24-22(28)16(4)30-23(29)17-5-7-18(8-6-17)25-19(26)9-10-20(25)27/h5-8,11-12,16H,9-10H2,1-4H3,(H,24,28)/t16-/m0/s1. The van der Waals surface area contributed by atoms with E-state index in [1.54, 1.807) is 0 Å². The van der Waals surface area contributed by atoms with Crippen LogP contribution < -0.4 is 10.2 Å². The van der Waals surface area contributed by atoms with Crippen molar-refractivity contribution in [2.24, 2.45) is 0 Å². The molecular formula is C23H24N2O5. The van der Waals surface area contributed by atoms with Crippen LogP contribution in [0.4, 0.5) is 11.4 Å². The normalized spacial score (nSPS) is 14.6. The maximum atomic E-state index is 12.5. The van der Waals surface area contributed by atoms with Crippen molar-refractivity contribution in [3.8, 4) is 0 Å². The van der Waals surface area contributed by atoms with Gasteiger partial charge in [-0.05, 0) is 63.1 Å². The molecule has 1 aliphatic heterocycles. The Morgan fingerprint density at radius 3 is 2.03 bits per heavy atom. The molecule has 2 aromatic carbocycles. The molecule has 0 bridgehead atoms. The van der Waals surface area contributed by atoms with Crippen molar-refractivity contribution in [3.63, 3.8) is 0 Å². The van der Waals surface area contributed by atoms with E-state index in [0.29, 0.717) is 11.4 Å². The van der Waals surface area contributed by atoms with Crippen LogP contribution in [0, 0.1) is 20.8 Å². The minimum absolute atomic E-state index is 0.190. The number of ether oxygens (including phenoxy) is 1. The first-order chi connectivity index (χ1) is 14.2. The fraction of sp³-hybridized carbons (Fsp3) is 0.304. The van der Waals surface area contributed by atoms with Crippen LogP contribution in [0.2, 0.25) is 0 Å². The lowest BCUT2D eigenvalue weighted by atomic mass is 10.0. The Balaban J connectivity index is 1.65. The minimum Gasteiger partial charge on any atom is -0.449 e. The van der Waals surface area contributed by atoms with E-state index in [0.717, 1.165) is 21.6 Å². The summed E-state index contributed by atoms with van der Waals surface area (Å²) in [5, 5.41) is 2.82. The average molecular weight is 408 g/mol. The summed E-state index contributed by atoms with van der Waals surface area (Å²) in [5.74, 6) is -1.62. The van der Waals surface area contributed by atoms with Gasteiger partial charge in [0, 0.05) is 18.5 Å². The van der Waals surface area contributed by atoms with E-state index in [9.17, 15) is 19.2 Å². The number of hydrogen-bond donors (Lipinski definition) is 1. The van der Waals surface area contributed by atoms with Crippen molar-refractivity contribution >= 4 is 35.1 Å². The summed E-state index contributed by atoms with van der Waals surface area (Å²) < 4.78 is 5.28. The van der Waals surface area contributed by atoms with Gasteiger partial charge < -0.3 is 10.1 Å². The smallest absolute Gasteiger partial charge is 0.338 e. The second-order valence-electron chi connectivity index (χ2n) is 7.48. The van der Waals surface area contributed by atoms with E-state index in [1.165, 1.54) is 31.2 Å². The van der Waals surface area contributed by atoms with Gasteiger partial charge in [0.15, 0.2) is 6.10 Å². The van der Waals surface area contributed by atoms with Gasteiger partial charge in [-0.1, -0.05) is 17.7 Å². The average Bonchev–Trinajstić information content (AvgIpc) is 3.02. The van der Waals surface area contributed by atoms with Crippen LogP contribution in [-0.2, 0) is 19.1 Å². The summed E-state index contributed by atoms with van der Waals surface area (Å²) in [6.07, 6.45) is -0.622. The first-order valence-electron chi connectivity index (χ1n) is 9.73. The monoisotopic (exact) mass is 408 g/mol. The molecule has 7 heteroatoms. The number of imide groups is 1. The molecule has 1 heterocycles. The molecule has 0 spiro atoms. The number of nitrogens with zero attached hydrogens (tertiary/aromatic N) is 1. The van der Waals surface area contributed by atoms with Crippen molar-refractivity contribution in [2.75, 3.05) is 10.2 Å². The molecule has 0 unspecified atom stereocenters. The molecule has 1 aliphatic rings. The van der Waals surface area contributed by atoms with Crippen LogP contribution in [0.1, 0.15) is 46.8 Å². The predicted octanol–water partition coefficient (Wildman–Crippen LogP) is 3.45. The summed E-state index contributed by atoms with van der Waals surface area (Å²) in [6.45, 7) is 7.30. The number of nitrogens with one attached hydrogen (secondary N) is 1. The van der Waals surface area contributed by atoms with E-state index < -0.39 is 18.0 Å². The number of amides is 3. The van der Waals surface area contributed by atoms with Crippen LogP contribution in [0.25, 0.3) is 0 Å². The zero-order chi connectivity index (χ0) is 22.0. The number of benzene rings is 2. The molecule has 7 nitrogen and oxygen atoms in total. The van der Waals surface area contributed by atoms with Gasteiger partial charge in [-0.3, -0.25) is 19.3 Å². The Kier molecular flexibility index (Phi) is 6.01. The van der Waals surface area contributed by atoms with E-state index in [2.05, 4.69) is 5.32 Å². The molecule has 1 saturated heterocycles. The van der Waals surface area contributed by atoms with Gasteiger partial charge in [0.05, 0.1) is 11.3 Å². The van der Waals surface area contributed by atoms with Crippen LogP contribution in [-0.4, -0.2) is 29.8 Å². The largest absolute Gasteiger partial charge is 0.449 e. The second-order valence-corrected chi connectivity index (χ2v) is 7.48. The second kappa shape index (κ2) is 8.49. The van der Waals surface area contributed by atoms with E-state index >= 15 is 0 Å². The lowest BCUT2D eigenvalue weighted by Crippen LogP contribution is -2.30. The zero-order valence-electron chi connectivity index (χ0n) is 17.4. The van der Waals surface area contributed by atoms with Crippen molar-refractivity contribution < 1.29 is 23.9 Å². The maximum absolute atomic E-state index is 12.5. The topological polar surface area (TPSA) is 92.8 Å². The van der Waals surface area contributed by atoms with Gasteiger partial charge >= 0.3 is 5.97 Å². The predicted molar refractivity (Wildman–Crippen MR) is 112 cm³/mol. The highest BCUT2D eigenvalue weighted by atomic mass is 16.5. The Labute approximate surface area is 175 Å². The van der Waals surface area contributed by atoms with Crippen molar-refractivity contribution in [1.29, 1.82) is 0 Å². The van der Waals surface area contributed by atoms with E-state index in [-0.39, 0.29) is 30.2 Å². The summed E-state index contributed by atoms with van der Waals surface area (Å²) >= 11 is 0. The summed E-state index contributed by atoms with van der Waals surface area (Å²) in [7, 11) is 0. The Hall–Kier alpha value is -3.48. The van der Waals surface area contributed by atoms with E-state index in [1.807, 2.05) is 32.9 Å². The third-order valence-electron chi connectivity index (χ3n) is 4.99. The maximum Gasteiger partial charge on any atom is 0.338 e. The number of aryl methyl sites for hydroxylation is 3. The van der Waals surface area contributed by atoms with Gasteiger partial charge in [-0.25, -0.2) is 4.79 Å². The van der Waals surface area contributed by atoms with Crippen molar-refractivity contribution in [3.05, 3.63) is 58.7 Å². The molecular weight excluding hydrogens is 384 g/mol. The Morgan fingerprint density at radius 2 is 1.50 bits per heavy atom. The lowest BCUT2D eigenvalue weighted by molar-refractivity contribution is -0.124. The zero-order valence-corrected chi connectivity index (χ0v) is 17.4. The molecule has 0 saturated carbocycles. The number of esters is 1. The van der Waals surface area contributed by atoms with Crippen LogP contribution in [0.15, 0.2) is 36.4 Å². The molecule has 30 heavy (non-hydrogen) atoms. The molecule has 156 valence electrons. The first-order valence-corrected chi connectivity index (χ1v) is 9.73. The molecule has 0 aromatic heterocycles. The van der Waals surface area contributed by atoms with Crippen molar-refractivity contribution in [1.82, 2.24) is 0 Å². The van der Waals surface area contributed by atoms with Crippen LogP contribution in [0.5, 0.6) is 0 Å². The molecule has 0 aliphatic carbocycles. The van der Waals surface area contributed by atoms with E-state index in [4.69, 9.17) is 4.74 Å². The minimum atomic E-state index is -1.00. The molecule has 3 amide bonds. The van der Waals surface area contributed by atoms with Crippen LogP contribution >= 0.6 is 0 Å². The lowest BCUT2D eigenvalue weighted by Gasteiger charge is -2.17. The SMILES string of the molecule is Cc1cc(C)c(NC(=O)[C@H](C)OC(=O)c2ccc(N3C(=O)CCC3=O)cc2)c(C)c1. The number of carbonyl (C=O) groups excluding carboxylic acids is 4. The highest BCUT2D eigenvalue weighted by Gasteiger charge is 2.30. The molecule has 1 N–H and O–H groups in total. The molecule has 0 radical (unpaired) electrons. The molecule has 1 fully saturated rings. The molecule has 1 atom stereocenters. The number of anilines is 2. The highest BCUT2D eigenvalue weighted by molar-refractivity contribution is 6.19. The molecule has 3 rings (SSSR count). The summed E-state index contributed by atoms with van der Waals surface area (Å²) in [6, 6.07) is 9.90. The summed E-state index contributed by atoms with van der Waals surface area (Å²) in [4.78, 5) is 49.6. The molecule has 2 aromatic rings. The first kappa shape index (κ1) is 21.2.